The van der Waals surface area contributed by atoms with Gasteiger partial charge in [-0.1, -0.05) is 38.1 Å². The highest BCUT2D eigenvalue weighted by atomic mass is 19.1. The van der Waals surface area contributed by atoms with Gasteiger partial charge in [-0.3, -0.25) is 9.78 Å². The first-order chi connectivity index (χ1) is 21.2. The van der Waals surface area contributed by atoms with Crippen molar-refractivity contribution in [2.24, 2.45) is 5.41 Å². The highest BCUT2D eigenvalue weighted by Crippen LogP contribution is 2.42. The number of carboxylic acids is 1. The molecule has 8 nitrogen and oxygen atoms in total. The van der Waals surface area contributed by atoms with Gasteiger partial charge in [0.15, 0.2) is 0 Å². The number of halogens is 1. The topological polar surface area (TPSA) is 115 Å². The van der Waals surface area contributed by atoms with Crippen LogP contribution in [0.2, 0.25) is 0 Å². The van der Waals surface area contributed by atoms with Gasteiger partial charge in [0.05, 0.1) is 36.6 Å². The average molecular weight is 624 g/mol. The lowest BCUT2D eigenvalue weighted by molar-refractivity contribution is -0.136. The normalized spacial score (nSPS) is 14.5. The lowest BCUT2D eigenvalue weighted by atomic mass is 9.82. The monoisotopic (exact) mass is 623 g/mol. The summed E-state index contributed by atoms with van der Waals surface area (Å²) in [6.07, 6.45) is 2.59. The third-order valence-corrected chi connectivity index (χ3v) is 7.61. The molecule has 9 heteroatoms. The molecule has 0 spiro atoms. The molecule has 0 radical (unpaired) electrons. The van der Waals surface area contributed by atoms with Crippen molar-refractivity contribution in [3.05, 3.63) is 76.9 Å². The number of hydrogen-bond donors (Lipinski definition) is 4. The molecule has 0 unspecified atom stereocenters. The first-order valence-corrected chi connectivity index (χ1v) is 15.7. The van der Waals surface area contributed by atoms with Crippen LogP contribution >= 0.6 is 0 Å². The Kier molecular flexibility index (Phi) is 12.9. The van der Waals surface area contributed by atoms with E-state index in [0.717, 1.165) is 65.3 Å². The van der Waals surface area contributed by atoms with Crippen LogP contribution in [0.5, 0.6) is 5.75 Å². The molecule has 0 amide bonds. The smallest absolute Gasteiger partial charge is 0.307 e. The van der Waals surface area contributed by atoms with Crippen LogP contribution in [0.15, 0.2) is 48.5 Å². The summed E-state index contributed by atoms with van der Waals surface area (Å²) in [4.78, 5) is 19.2. The molecule has 0 atom stereocenters. The van der Waals surface area contributed by atoms with Crippen molar-refractivity contribution in [3.8, 4) is 16.9 Å². The minimum absolute atomic E-state index is 0.0173. The minimum Gasteiger partial charge on any atom is -0.493 e. The van der Waals surface area contributed by atoms with E-state index in [1.807, 2.05) is 31.2 Å². The number of aliphatic hydroxyl groups is 2. The summed E-state index contributed by atoms with van der Waals surface area (Å²) in [6.45, 7) is 14.7. The Balaban J connectivity index is 0.00000102. The Morgan fingerprint density at radius 2 is 1.67 bits per heavy atom. The molecule has 45 heavy (non-hydrogen) atoms. The van der Waals surface area contributed by atoms with Gasteiger partial charge in [-0.05, 0) is 81.3 Å². The molecule has 1 saturated heterocycles. The summed E-state index contributed by atoms with van der Waals surface area (Å²) in [6, 6.07) is 14.3. The summed E-state index contributed by atoms with van der Waals surface area (Å²) in [5.74, 6) is -0.417. The second-order valence-corrected chi connectivity index (χ2v) is 13.4. The molecule has 0 aliphatic carbocycles. The quantitative estimate of drug-likeness (QED) is 0.184. The van der Waals surface area contributed by atoms with Gasteiger partial charge >= 0.3 is 5.97 Å². The summed E-state index contributed by atoms with van der Waals surface area (Å²) >= 11 is 0. The second kappa shape index (κ2) is 16.2. The van der Waals surface area contributed by atoms with Crippen LogP contribution < -0.4 is 15.0 Å². The Hall–Kier alpha value is -3.53. The summed E-state index contributed by atoms with van der Waals surface area (Å²) < 4.78 is 19.1. The zero-order valence-electron chi connectivity index (χ0n) is 27.6. The number of anilines is 1. The first kappa shape index (κ1) is 35.9. The fourth-order valence-electron chi connectivity index (χ4n) is 5.20. The molecule has 4 N–H and O–H groups in total. The van der Waals surface area contributed by atoms with Gasteiger partial charge in [0.1, 0.15) is 11.6 Å². The number of ether oxygens (including phenoxy) is 1. The summed E-state index contributed by atoms with van der Waals surface area (Å²) in [7, 11) is 0. The van der Waals surface area contributed by atoms with Crippen molar-refractivity contribution in [1.82, 2.24) is 10.3 Å². The number of nitrogens with one attached hydrogen (secondary N) is 1. The van der Waals surface area contributed by atoms with E-state index in [1.165, 1.54) is 12.1 Å². The number of aryl methyl sites for hydroxylation is 1. The van der Waals surface area contributed by atoms with E-state index < -0.39 is 11.6 Å². The molecular weight excluding hydrogens is 573 g/mol. The second-order valence-electron chi connectivity index (χ2n) is 13.4. The maximum atomic E-state index is 13.2. The Labute approximate surface area is 267 Å². The number of rotatable bonds is 12. The fraction of sp³-hybridized carbons (Fsp3) is 0.500. The molecule has 1 aliphatic rings. The van der Waals surface area contributed by atoms with Crippen LogP contribution in [0.3, 0.4) is 0 Å². The zero-order chi connectivity index (χ0) is 33.2. The largest absolute Gasteiger partial charge is 0.493 e. The van der Waals surface area contributed by atoms with Crippen molar-refractivity contribution in [1.29, 1.82) is 0 Å². The van der Waals surface area contributed by atoms with Crippen LogP contribution in [-0.4, -0.2) is 64.7 Å². The number of benzene rings is 2. The van der Waals surface area contributed by atoms with Gasteiger partial charge in [-0.25, -0.2) is 4.39 Å². The van der Waals surface area contributed by atoms with Crippen molar-refractivity contribution < 1.29 is 29.2 Å². The fourth-order valence-corrected chi connectivity index (χ4v) is 5.20. The number of piperidine rings is 1. The molecular formula is C36H50FN3O5. The minimum atomic E-state index is -0.884. The number of aliphatic carboxylic acids is 1. The van der Waals surface area contributed by atoms with Crippen LogP contribution in [0.1, 0.15) is 70.0 Å². The Bertz CT molecular complexity index is 1370. The van der Waals surface area contributed by atoms with Crippen LogP contribution in [0.4, 0.5) is 10.1 Å². The highest BCUT2D eigenvalue weighted by Gasteiger charge is 2.30. The van der Waals surface area contributed by atoms with E-state index in [-0.39, 0.29) is 24.3 Å². The predicted molar refractivity (Wildman–Crippen MR) is 177 cm³/mol. The molecule has 4 rings (SSSR count). The van der Waals surface area contributed by atoms with Gasteiger partial charge in [0.25, 0.3) is 0 Å². The SMILES string of the molecule is CC(C)(C)O.Cc1nc(CNCCO)c(-c2ccc(OCCc3ccc(F)cc3)cc2)c(N2CCC(C)(C)CC2)c1CC(=O)O. The Morgan fingerprint density at radius 3 is 2.22 bits per heavy atom. The molecule has 1 fully saturated rings. The van der Waals surface area contributed by atoms with Gasteiger partial charge < -0.3 is 30.3 Å². The number of carbonyl (C=O) groups is 1. The van der Waals surface area contributed by atoms with Crippen molar-refractivity contribution in [2.75, 3.05) is 37.7 Å². The standard InChI is InChI=1S/C32H40FN3O4.C4H10O/c1-22-27(20-29(38)39)31(36-16-13-32(2,3)14-17-36)30(28(35-22)21-34-15-18-37)24-6-10-26(11-7-24)40-19-12-23-4-8-25(33)9-5-23;1-4(2,3)5/h4-11,34,37H,12-21H2,1-3H3,(H,38,39);5H,1-3H3. The maximum absolute atomic E-state index is 13.2. The molecule has 2 heterocycles. The van der Waals surface area contributed by atoms with Crippen molar-refractivity contribution >= 4 is 11.7 Å². The molecule has 2 aromatic carbocycles. The van der Waals surface area contributed by atoms with Gasteiger partial charge in [0, 0.05) is 49.4 Å². The van der Waals surface area contributed by atoms with Crippen molar-refractivity contribution in [2.45, 2.75) is 79.4 Å². The number of nitrogens with zero attached hydrogens (tertiary/aromatic N) is 2. The maximum Gasteiger partial charge on any atom is 0.307 e. The van der Waals surface area contributed by atoms with E-state index in [9.17, 15) is 19.4 Å². The van der Waals surface area contributed by atoms with E-state index in [2.05, 4.69) is 24.1 Å². The van der Waals surface area contributed by atoms with E-state index in [4.69, 9.17) is 14.8 Å². The number of aliphatic hydroxyl groups excluding tert-OH is 1. The van der Waals surface area contributed by atoms with E-state index in [1.54, 1.807) is 32.9 Å². The summed E-state index contributed by atoms with van der Waals surface area (Å²) in [5, 5.41) is 30.9. The van der Waals surface area contributed by atoms with Crippen LogP contribution in [0, 0.1) is 18.2 Å². The highest BCUT2D eigenvalue weighted by molar-refractivity contribution is 5.86. The van der Waals surface area contributed by atoms with Crippen molar-refractivity contribution in [3.63, 3.8) is 0 Å². The third-order valence-electron chi connectivity index (χ3n) is 7.61. The Morgan fingerprint density at radius 1 is 1.07 bits per heavy atom. The third kappa shape index (κ3) is 11.7. The molecule has 1 aliphatic heterocycles. The van der Waals surface area contributed by atoms with E-state index in [0.29, 0.717) is 31.8 Å². The number of pyridine rings is 1. The molecule has 0 bridgehead atoms. The van der Waals surface area contributed by atoms with Crippen LogP contribution in [-0.2, 0) is 24.2 Å². The molecule has 1 aromatic heterocycles. The van der Waals surface area contributed by atoms with Gasteiger partial charge in [-0.15, -0.1) is 0 Å². The van der Waals surface area contributed by atoms with E-state index >= 15 is 0 Å². The number of carboxylic acid groups (broad SMARTS) is 1. The molecule has 246 valence electrons. The lowest BCUT2D eigenvalue weighted by Crippen LogP contribution is -2.38. The first-order valence-electron chi connectivity index (χ1n) is 15.7. The molecule has 3 aromatic rings. The lowest BCUT2D eigenvalue weighted by Gasteiger charge is -2.40. The zero-order valence-corrected chi connectivity index (χ0v) is 27.6. The van der Waals surface area contributed by atoms with Gasteiger partial charge in [0.2, 0.25) is 0 Å². The number of hydrogen-bond acceptors (Lipinski definition) is 7. The van der Waals surface area contributed by atoms with Crippen LogP contribution in [0.25, 0.3) is 11.1 Å². The molecule has 0 saturated carbocycles. The number of aromatic nitrogens is 1. The summed E-state index contributed by atoms with van der Waals surface area (Å²) in [5.41, 5.74) is 5.82. The average Bonchev–Trinajstić information content (AvgIpc) is 2.95. The predicted octanol–water partition coefficient (Wildman–Crippen LogP) is 5.93. The van der Waals surface area contributed by atoms with Gasteiger partial charge in [-0.2, -0.15) is 0 Å².